The molecule has 0 aliphatic rings. The van der Waals surface area contributed by atoms with Gasteiger partial charge in [0.2, 0.25) is 0 Å². The van der Waals surface area contributed by atoms with Crippen LogP contribution in [0.5, 0.6) is 17.2 Å². The third kappa shape index (κ3) is 6.31. The van der Waals surface area contributed by atoms with Crippen LogP contribution in [0, 0.1) is 0 Å². The number of ether oxygens (including phenoxy) is 2. The number of rotatable bonds is 3. The van der Waals surface area contributed by atoms with Crippen molar-refractivity contribution in [2.45, 2.75) is 105 Å². The first-order chi connectivity index (χ1) is 14.7. The summed E-state index contributed by atoms with van der Waals surface area (Å²) in [6.45, 7) is 25.4. The highest BCUT2D eigenvalue weighted by Gasteiger charge is 2.32. The first-order valence-electron chi connectivity index (χ1n) is 11.6. The van der Waals surface area contributed by atoms with E-state index < -0.39 is 11.6 Å². The summed E-state index contributed by atoms with van der Waals surface area (Å²) < 4.78 is 12.0. The summed E-state index contributed by atoms with van der Waals surface area (Å²) >= 11 is 0. The molecule has 0 bridgehead atoms. The Labute approximate surface area is 200 Å². The lowest BCUT2D eigenvalue weighted by Gasteiger charge is -2.31. The summed E-state index contributed by atoms with van der Waals surface area (Å²) in [7, 11) is 0. The van der Waals surface area contributed by atoms with Gasteiger partial charge in [-0.1, -0.05) is 101 Å². The Morgan fingerprint density at radius 1 is 0.667 bits per heavy atom. The fraction of sp³-hybridized carbons (Fsp3) is 0.552. The van der Waals surface area contributed by atoms with Crippen LogP contribution in [0.25, 0.3) is 0 Å². The van der Waals surface area contributed by atoms with Gasteiger partial charge in [0.15, 0.2) is 0 Å². The molecule has 182 valence electrons. The van der Waals surface area contributed by atoms with Gasteiger partial charge in [-0.05, 0) is 39.4 Å². The van der Waals surface area contributed by atoms with Gasteiger partial charge < -0.3 is 14.6 Å². The Kier molecular flexibility index (Phi) is 7.05. The summed E-state index contributed by atoms with van der Waals surface area (Å²) in [6.07, 6.45) is -1.33. The fourth-order valence-corrected chi connectivity index (χ4v) is 3.93. The van der Waals surface area contributed by atoms with E-state index in [9.17, 15) is 9.90 Å². The molecule has 0 unspecified atom stereocenters. The lowest BCUT2D eigenvalue weighted by molar-refractivity contribution is 0.142. The molecular weight excluding hydrogens is 412 g/mol. The van der Waals surface area contributed by atoms with Crippen molar-refractivity contribution in [3.63, 3.8) is 0 Å². The molecule has 4 nitrogen and oxygen atoms in total. The molecule has 0 spiro atoms. The largest absolute Gasteiger partial charge is 0.511 e. The van der Waals surface area contributed by atoms with Gasteiger partial charge in [-0.15, -0.1) is 0 Å². The molecule has 4 heteroatoms. The second-order valence-corrected chi connectivity index (χ2v) is 13.0. The average molecular weight is 455 g/mol. The van der Waals surface area contributed by atoms with E-state index >= 15 is 0 Å². The monoisotopic (exact) mass is 454 g/mol. The van der Waals surface area contributed by atoms with Crippen LogP contribution in [0.2, 0.25) is 0 Å². The average Bonchev–Trinajstić information content (AvgIpc) is 2.57. The van der Waals surface area contributed by atoms with Gasteiger partial charge in [0, 0.05) is 16.7 Å². The zero-order valence-electron chi connectivity index (χ0n) is 22.6. The molecule has 2 aromatic rings. The summed E-state index contributed by atoms with van der Waals surface area (Å²) in [5.41, 5.74) is 3.11. The molecule has 0 atom stereocenters. The molecule has 2 aromatic carbocycles. The maximum Gasteiger partial charge on any atom is 0.511 e. The second kappa shape index (κ2) is 8.70. The molecule has 0 aliphatic carbocycles. The van der Waals surface area contributed by atoms with Crippen molar-refractivity contribution in [3.8, 4) is 17.2 Å². The molecule has 0 heterocycles. The maximum absolute atomic E-state index is 11.7. The highest BCUT2D eigenvalue weighted by atomic mass is 16.7. The van der Waals surface area contributed by atoms with Crippen molar-refractivity contribution in [2.75, 3.05) is 0 Å². The molecule has 0 saturated carbocycles. The first kappa shape index (κ1) is 26.8. The number of hydrogen-bond donors (Lipinski definition) is 1. The summed E-state index contributed by atoms with van der Waals surface area (Å²) in [5, 5.41) is 9.52. The quantitative estimate of drug-likeness (QED) is 0.372. The van der Waals surface area contributed by atoms with Crippen molar-refractivity contribution in [1.82, 2.24) is 0 Å². The van der Waals surface area contributed by atoms with E-state index in [0.29, 0.717) is 11.5 Å². The van der Waals surface area contributed by atoms with Crippen molar-refractivity contribution >= 4 is 6.16 Å². The van der Waals surface area contributed by atoms with Crippen molar-refractivity contribution in [3.05, 3.63) is 52.6 Å². The van der Waals surface area contributed by atoms with Gasteiger partial charge in [0.05, 0.1) is 0 Å². The molecule has 2 rings (SSSR count). The van der Waals surface area contributed by atoms with Crippen LogP contribution in [0.15, 0.2) is 30.3 Å². The third-order valence-electron chi connectivity index (χ3n) is 5.74. The van der Waals surface area contributed by atoms with Gasteiger partial charge in [0.25, 0.3) is 0 Å². The van der Waals surface area contributed by atoms with Gasteiger partial charge in [0.1, 0.15) is 17.2 Å². The molecule has 0 saturated heterocycles. The summed E-state index contributed by atoms with van der Waals surface area (Å²) in [6, 6.07) is 10.2. The normalized spacial score (nSPS) is 13.1. The molecule has 0 aliphatic heterocycles. The van der Waals surface area contributed by atoms with Crippen molar-refractivity contribution < 1.29 is 19.4 Å². The van der Waals surface area contributed by atoms with E-state index in [2.05, 4.69) is 53.7 Å². The molecule has 0 fully saturated rings. The van der Waals surface area contributed by atoms with E-state index in [0.717, 1.165) is 22.4 Å². The zero-order valence-corrected chi connectivity index (χ0v) is 22.6. The lowest BCUT2D eigenvalue weighted by Crippen LogP contribution is -2.22. The maximum atomic E-state index is 11.7. The van der Waals surface area contributed by atoms with E-state index in [1.807, 2.05) is 59.7 Å². The van der Waals surface area contributed by atoms with Gasteiger partial charge >= 0.3 is 6.16 Å². The Balaban J connectivity index is 2.80. The van der Waals surface area contributed by atoms with E-state index in [1.165, 1.54) is 5.56 Å². The van der Waals surface area contributed by atoms with Crippen LogP contribution in [0.3, 0.4) is 0 Å². The van der Waals surface area contributed by atoms with E-state index in [-0.39, 0.29) is 16.2 Å². The predicted molar refractivity (Wildman–Crippen MR) is 136 cm³/mol. The minimum absolute atomic E-state index is 0.0198. The Bertz CT molecular complexity index is 1020. The van der Waals surface area contributed by atoms with Gasteiger partial charge in [-0.3, -0.25) is 0 Å². The smallest absolute Gasteiger partial charge is 0.457 e. The number of hydrogen-bond acceptors (Lipinski definition) is 3. The lowest BCUT2D eigenvalue weighted by atomic mass is 9.78. The van der Waals surface area contributed by atoms with E-state index in [4.69, 9.17) is 9.47 Å². The Morgan fingerprint density at radius 3 is 1.61 bits per heavy atom. The van der Waals surface area contributed by atoms with Crippen LogP contribution >= 0.6 is 0 Å². The zero-order chi connectivity index (χ0) is 25.6. The minimum Gasteiger partial charge on any atom is -0.457 e. The SMILES string of the molecule is CC(C)(C)c1ccc(Oc2ccc(C(C)(C)C)c(OC(=O)O)c2C(C)(C)C)c(C(C)(C)C)c1. The molecule has 0 radical (unpaired) electrons. The topological polar surface area (TPSA) is 55.8 Å². The Hall–Kier alpha value is -2.49. The van der Waals surface area contributed by atoms with Crippen LogP contribution in [-0.4, -0.2) is 11.3 Å². The first-order valence-corrected chi connectivity index (χ1v) is 11.6. The fourth-order valence-electron chi connectivity index (χ4n) is 3.93. The molecular formula is C29H42O4. The molecule has 0 amide bonds. The summed E-state index contributed by atoms with van der Waals surface area (Å²) in [5.74, 6) is 1.75. The Morgan fingerprint density at radius 2 is 1.18 bits per heavy atom. The van der Waals surface area contributed by atoms with E-state index in [1.54, 1.807) is 0 Å². The van der Waals surface area contributed by atoms with Gasteiger partial charge in [-0.2, -0.15) is 0 Å². The highest BCUT2D eigenvalue weighted by molar-refractivity contribution is 5.67. The van der Waals surface area contributed by atoms with Crippen LogP contribution in [0.1, 0.15) is 105 Å². The van der Waals surface area contributed by atoms with Gasteiger partial charge in [-0.25, -0.2) is 4.79 Å². The summed E-state index contributed by atoms with van der Waals surface area (Å²) in [4.78, 5) is 11.7. The number of carbonyl (C=O) groups is 1. The highest BCUT2D eigenvalue weighted by Crippen LogP contribution is 2.47. The second-order valence-electron chi connectivity index (χ2n) is 13.0. The number of carboxylic acid groups (broad SMARTS) is 1. The predicted octanol–water partition coefficient (Wildman–Crippen LogP) is 8.73. The standard InChI is InChI=1S/C29H42O4/c1-26(2,3)18-13-15-21(20(17-18)28(7,8)9)32-22-16-14-19(27(4,5)6)24(33-25(30)31)23(22)29(10,11)12/h13-17H,1-12H3,(H,30,31). The number of benzene rings is 2. The minimum atomic E-state index is -1.33. The van der Waals surface area contributed by atoms with Crippen LogP contribution in [-0.2, 0) is 21.7 Å². The van der Waals surface area contributed by atoms with Crippen LogP contribution in [0.4, 0.5) is 4.79 Å². The van der Waals surface area contributed by atoms with Crippen molar-refractivity contribution in [1.29, 1.82) is 0 Å². The van der Waals surface area contributed by atoms with Crippen molar-refractivity contribution in [2.24, 2.45) is 0 Å². The third-order valence-corrected chi connectivity index (χ3v) is 5.74. The van der Waals surface area contributed by atoms with Crippen LogP contribution < -0.4 is 9.47 Å². The molecule has 33 heavy (non-hydrogen) atoms. The molecule has 0 aromatic heterocycles. The molecule has 1 N–H and O–H groups in total.